The lowest BCUT2D eigenvalue weighted by Crippen LogP contribution is -1.90. The molecule has 0 fully saturated rings. The van der Waals surface area contributed by atoms with Gasteiger partial charge in [-0.3, -0.25) is 9.59 Å². The van der Waals surface area contributed by atoms with Crippen molar-refractivity contribution in [2.75, 3.05) is 0 Å². The second-order valence-corrected chi connectivity index (χ2v) is 3.14. The maximum absolute atomic E-state index is 12.4. The Hall–Kier alpha value is -1.84. The number of allylic oxidation sites excluding steroid dienone is 2. The highest BCUT2D eigenvalue weighted by Crippen LogP contribution is 2.08. The van der Waals surface area contributed by atoms with Gasteiger partial charge >= 0.3 is 0 Å². The number of benzene rings is 1. The third kappa shape index (κ3) is 5.14. The quantitative estimate of drug-likeness (QED) is 0.574. The molecule has 0 saturated carbocycles. The summed E-state index contributed by atoms with van der Waals surface area (Å²) in [6.45, 7) is 3.77. The molecule has 16 heavy (non-hydrogen) atoms. The Morgan fingerprint density at radius 2 is 1.81 bits per heavy atom. The van der Waals surface area contributed by atoms with Gasteiger partial charge in [-0.2, -0.15) is 0 Å². The van der Waals surface area contributed by atoms with Crippen LogP contribution in [0.2, 0.25) is 0 Å². The lowest BCUT2D eigenvalue weighted by molar-refractivity contribution is -0.104. The van der Waals surface area contributed by atoms with E-state index in [2.05, 4.69) is 0 Å². The fraction of sp³-hybridized carbons (Fsp3) is 0.167. The summed E-state index contributed by atoms with van der Waals surface area (Å²) in [4.78, 5) is 19.5. The van der Waals surface area contributed by atoms with E-state index >= 15 is 0 Å². The number of halogens is 2. The van der Waals surface area contributed by atoms with Crippen molar-refractivity contribution in [3.8, 4) is 0 Å². The second kappa shape index (κ2) is 7.45. The van der Waals surface area contributed by atoms with Crippen molar-refractivity contribution < 1.29 is 18.4 Å². The van der Waals surface area contributed by atoms with Crippen LogP contribution in [0.3, 0.4) is 0 Å². The minimum Gasteiger partial charge on any atom is -0.299 e. The van der Waals surface area contributed by atoms with Crippen LogP contribution in [0.1, 0.15) is 24.2 Å². The minimum atomic E-state index is -1.09. The lowest BCUT2D eigenvalue weighted by atomic mass is 10.2. The van der Waals surface area contributed by atoms with Gasteiger partial charge in [-0.25, -0.2) is 8.78 Å². The number of carbonyl (C=O) groups excluding carboxylic acids is 2. The van der Waals surface area contributed by atoms with Crippen LogP contribution in [0.4, 0.5) is 8.78 Å². The van der Waals surface area contributed by atoms with Gasteiger partial charge in [0.25, 0.3) is 0 Å². The molecule has 0 amide bonds. The zero-order valence-corrected chi connectivity index (χ0v) is 9.04. The zero-order chi connectivity index (χ0) is 12.6. The van der Waals surface area contributed by atoms with Gasteiger partial charge in [-0.15, -0.1) is 0 Å². The summed E-state index contributed by atoms with van der Waals surface area (Å²) in [5.41, 5.74) is 0.796. The van der Waals surface area contributed by atoms with E-state index in [4.69, 9.17) is 0 Å². The summed E-state index contributed by atoms with van der Waals surface area (Å²) in [5.74, 6) is -2.08. The first-order valence-corrected chi connectivity index (χ1v) is 4.50. The second-order valence-electron chi connectivity index (χ2n) is 3.14. The van der Waals surface area contributed by atoms with Crippen molar-refractivity contribution in [1.29, 1.82) is 0 Å². The predicted molar refractivity (Wildman–Crippen MR) is 57.2 cm³/mol. The Morgan fingerprint density at radius 3 is 2.12 bits per heavy atom. The van der Waals surface area contributed by atoms with Crippen molar-refractivity contribution in [1.82, 2.24) is 0 Å². The highest BCUT2D eigenvalue weighted by atomic mass is 19.2. The van der Waals surface area contributed by atoms with E-state index in [9.17, 15) is 18.4 Å². The Labute approximate surface area is 92.6 Å². The largest absolute Gasteiger partial charge is 0.299 e. The highest BCUT2D eigenvalue weighted by molar-refractivity contribution is 5.74. The lowest BCUT2D eigenvalue weighted by Gasteiger charge is -1.92. The van der Waals surface area contributed by atoms with Gasteiger partial charge in [0.05, 0.1) is 5.56 Å². The molecule has 1 aromatic rings. The van der Waals surface area contributed by atoms with E-state index < -0.39 is 11.6 Å². The van der Waals surface area contributed by atoms with E-state index in [1.54, 1.807) is 0 Å². The molecule has 0 radical (unpaired) electrons. The van der Waals surface area contributed by atoms with Gasteiger partial charge in [0.15, 0.2) is 17.9 Å². The van der Waals surface area contributed by atoms with Crippen LogP contribution >= 0.6 is 0 Å². The molecule has 1 aromatic carbocycles. The van der Waals surface area contributed by atoms with Crippen molar-refractivity contribution >= 4 is 12.6 Å². The summed E-state index contributed by atoms with van der Waals surface area (Å²) in [6.07, 6.45) is 2.59. The van der Waals surface area contributed by atoms with Crippen LogP contribution in [0.5, 0.6) is 0 Å². The maximum Gasteiger partial charge on any atom is 0.169 e. The molecule has 0 atom stereocenters. The standard InChI is InChI=1S/C7H4F2O.C5H8O/c8-6-3-1-2-5(4-10)7(6)9;1-5(2)3-4-6/h1-4H;3-4H,1-2H3. The molecule has 0 unspecified atom stereocenters. The molecule has 0 heterocycles. The molecule has 0 spiro atoms. The van der Waals surface area contributed by atoms with E-state index in [1.807, 2.05) is 13.8 Å². The molecule has 0 saturated heterocycles. The summed E-state index contributed by atoms with van der Waals surface area (Å²) in [6, 6.07) is 3.45. The van der Waals surface area contributed by atoms with E-state index in [-0.39, 0.29) is 11.8 Å². The molecule has 0 aliphatic carbocycles. The molecular weight excluding hydrogens is 214 g/mol. The van der Waals surface area contributed by atoms with Crippen LogP contribution in [-0.4, -0.2) is 12.6 Å². The molecule has 0 aromatic heterocycles. The SMILES string of the molecule is CC(C)=CC=O.O=Cc1cccc(F)c1F. The van der Waals surface area contributed by atoms with Gasteiger partial charge in [0, 0.05) is 0 Å². The third-order valence-corrected chi connectivity index (χ3v) is 1.51. The monoisotopic (exact) mass is 226 g/mol. The normalized spacial score (nSPS) is 8.50. The fourth-order valence-electron chi connectivity index (χ4n) is 0.748. The van der Waals surface area contributed by atoms with Gasteiger partial charge in [-0.1, -0.05) is 11.6 Å². The average Bonchev–Trinajstić information content (AvgIpc) is 2.23. The van der Waals surface area contributed by atoms with Crippen LogP contribution in [0.15, 0.2) is 29.8 Å². The van der Waals surface area contributed by atoms with Crippen molar-refractivity contribution in [2.45, 2.75) is 13.8 Å². The summed E-state index contributed by atoms with van der Waals surface area (Å²) in [7, 11) is 0. The number of carbonyl (C=O) groups is 2. The van der Waals surface area contributed by atoms with Crippen LogP contribution in [0.25, 0.3) is 0 Å². The summed E-state index contributed by atoms with van der Waals surface area (Å²) < 4.78 is 24.6. The first kappa shape index (κ1) is 14.2. The molecular formula is C12H12F2O2. The first-order valence-electron chi connectivity index (χ1n) is 4.50. The summed E-state index contributed by atoms with van der Waals surface area (Å²) >= 11 is 0. The fourth-order valence-corrected chi connectivity index (χ4v) is 0.748. The number of hydrogen-bond donors (Lipinski definition) is 0. The van der Waals surface area contributed by atoms with Crippen molar-refractivity contribution in [2.24, 2.45) is 0 Å². The third-order valence-electron chi connectivity index (χ3n) is 1.51. The molecule has 0 N–H and O–H groups in total. The number of aldehydes is 2. The molecule has 4 heteroatoms. The maximum atomic E-state index is 12.4. The molecule has 2 nitrogen and oxygen atoms in total. The zero-order valence-electron chi connectivity index (χ0n) is 9.04. The Balaban J connectivity index is 0.000000325. The predicted octanol–water partition coefficient (Wildman–Crippen LogP) is 2.93. The molecule has 0 aliphatic rings. The van der Waals surface area contributed by atoms with Gasteiger partial charge in [0.2, 0.25) is 0 Å². The van der Waals surface area contributed by atoms with Gasteiger partial charge < -0.3 is 0 Å². The Kier molecular flexibility index (Phi) is 6.59. The van der Waals surface area contributed by atoms with E-state index in [1.165, 1.54) is 18.2 Å². The van der Waals surface area contributed by atoms with E-state index in [0.717, 1.165) is 17.9 Å². The molecule has 0 aliphatic heterocycles. The van der Waals surface area contributed by atoms with Crippen LogP contribution in [0, 0.1) is 11.6 Å². The molecule has 0 bridgehead atoms. The smallest absolute Gasteiger partial charge is 0.169 e. The average molecular weight is 226 g/mol. The molecule has 1 rings (SSSR count). The topological polar surface area (TPSA) is 34.1 Å². The van der Waals surface area contributed by atoms with Crippen molar-refractivity contribution in [3.05, 3.63) is 47.0 Å². The highest BCUT2D eigenvalue weighted by Gasteiger charge is 2.04. The molecule has 86 valence electrons. The first-order chi connectivity index (χ1) is 7.52. The van der Waals surface area contributed by atoms with Crippen LogP contribution in [-0.2, 0) is 4.79 Å². The Bertz CT molecular complexity index is 394. The van der Waals surface area contributed by atoms with Gasteiger partial charge in [-0.05, 0) is 32.1 Å². The van der Waals surface area contributed by atoms with Crippen molar-refractivity contribution in [3.63, 3.8) is 0 Å². The van der Waals surface area contributed by atoms with Crippen LogP contribution < -0.4 is 0 Å². The summed E-state index contributed by atoms with van der Waals surface area (Å²) in [5, 5.41) is 0. The van der Waals surface area contributed by atoms with E-state index in [0.29, 0.717) is 0 Å². The Morgan fingerprint density at radius 1 is 1.19 bits per heavy atom. The number of rotatable bonds is 2. The minimum absolute atomic E-state index is 0.250. The van der Waals surface area contributed by atoms with Gasteiger partial charge in [0.1, 0.15) is 6.29 Å². The number of hydrogen-bond acceptors (Lipinski definition) is 2.